The fourth-order valence-corrected chi connectivity index (χ4v) is 6.16. The number of aromatic nitrogens is 1. The molecule has 158 valence electrons. The first-order valence-electron chi connectivity index (χ1n) is 10.9. The van der Waals surface area contributed by atoms with Crippen LogP contribution >= 0.6 is 11.3 Å². The minimum absolute atomic E-state index is 0.0866. The number of carbonyl (C=O) groups is 1. The first-order valence-corrected chi connectivity index (χ1v) is 11.7. The Bertz CT molecular complexity index is 919. The Morgan fingerprint density at radius 1 is 1.24 bits per heavy atom. The highest BCUT2D eigenvalue weighted by atomic mass is 32.1. The fourth-order valence-electron chi connectivity index (χ4n) is 4.81. The summed E-state index contributed by atoms with van der Waals surface area (Å²) < 4.78 is 0. The van der Waals surface area contributed by atoms with Gasteiger partial charge in [0.15, 0.2) is 0 Å². The molecule has 0 aromatic carbocycles. The molecule has 1 aliphatic rings. The number of carbonyl (C=O) groups excluding carboxylic acids is 1. The number of hydrogen-bond acceptors (Lipinski definition) is 3. The topological polar surface area (TPSA) is 62.0 Å². The van der Waals surface area contributed by atoms with Crippen LogP contribution in [0.1, 0.15) is 89.5 Å². The van der Waals surface area contributed by atoms with Crippen LogP contribution in [0.25, 0.3) is 0 Å². The third kappa shape index (κ3) is 4.82. The quantitative estimate of drug-likeness (QED) is 0.645. The Balaban J connectivity index is 1.73. The second-order valence-electron chi connectivity index (χ2n) is 8.80. The van der Waals surface area contributed by atoms with Crippen LogP contribution in [0.4, 0.5) is 0 Å². The monoisotopic (exact) mass is 414 g/mol. The summed E-state index contributed by atoms with van der Waals surface area (Å²) in [5.74, 6) is 2.05. The predicted molar refractivity (Wildman–Crippen MR) is 121 cm³/mol. The SMILES string of the molecule is CCC(c1scc(C(=O)NCc2c(C)cc(C)[nH]c2=O)c1C)[C@H]1CC[C@H](C)CC1. The summed E-state index contributed by atoms with van der Waals surface area (Å²) in [5, 5.41) is 4.96. The summed E-state index contributed by atoms with van der Waals surface area (Å²) >= 11 is 1.73. The predicted octanol–water partition coefficient (Wildman–Crippen LogP) is 5.61. The summed E-state index contributed by atoms with van der Waals surface area (Å²) in [6.45, 7) is 10.7. The zero-order valence-corrected chi connectivity index (χ0v) is 19.2. The van der Waals surface area contributed by atoms with Crippen LogP contribution < -0.4 is 10.9 Å². The normalized spacial score (nSPS) is 20.4. The molecular weight excluding hydrogens is 380 g/mol. The maximum Gasteiger partial charge on any atom is 0.253 e. The lowest BCUT2D eigenvalue weighted by atomic mass is 9.74. The highest BCUT2D eigenvalue weighted by Gasteiger charge is 2.29. The van der Waals surface area contributed by atoms with Crippen molar-refractivity contribution >= 4 is 17.2 Å². The van der Waals surface area contributed by atoms with E-state index in [4.69, 9.17) is 0 Å². The van der Waals surface area contributed by atoms with E-state index in [1.165, 1.54) is 30.6 Å². The third-order valence-electron chi connectivity index (χ3n) is 6.65. The van der Waals surface area contributed by atoms with Crippen LogP contribution in [-0.4, -0.2) is 10.9 Å². The number of hydrogen-bond donors (Lipinski definition) is 2. The fraction of sp³-hybridized carbons (Fsp3) is 0.583. The molecule has 2 aromatic rings. The summed E-state index contributed by atoms with van der Waals surface area (Å²) in [5.41, 5.74) is 4.12. The Morgan fingerprint density at radius 2 is 1.93 bits per heavy atom. The Morgan fingerprint density at radius 3 is 2.55 bits per heavy atom. The van der Waals surface area contributed by atoms with Gasteiger partial charge < -0.3 is 10.3 Å². The Kier molecular flexibility index (Phi) is 6.99. The van der Waals surface area contributed by atoms with Gasteiger partial charge in [0.05, 0.1) is 5.56 Å². The molecule has 0 saturated heterocycles. The molecule has 0 aliphatic heterocycles. The molecule has 1 unspecified atom stereocenters. The average Bonchev–Trinajstić information content (AvgIpc) is 3.04. The van der Waals surface area contributed by atoms with Crippen molar-refractivity contribution in [3.05, 3.63) is 54.6 Å². The van der Waals surface area contributed by atoms with Gasteiger partial charge in [0.1, 0.15) is 0 Å². The van der Waals surface area contributed by atoms with E-state index >= 15 is 0 Å². The van der Waals surface area contributed by atoms with E-state index in [-0.39, 0.29) is 18.0 Å². The highest BCUT2D eigenvalue weighted by molar-refractivity contribution is 7.10. The van der Waals surface area contributed by atoms with Gasteiger partial charge in [0.25, 0.3) is 11.5 Å². The van der Waals surface area contributed by atoms with Crippen LogP contribution in [0.3, 0.4) is 0 Å². The number of aryl methyl sites for hydroxylation is 2. The Hall–Kier alpha value is -1.88. The molecule has 0 spiro atoms. The van der Waals surface area contributed by atoms with Gasteiger partial charge in [-0.05, 0) is 75.0 Å². The summed E-state index contributed by atoms with van der Waals surface area (Å²) in [7, 11) is 0. The maximum atomic E-state index is 12.9. The second-order valence-corrected chi connectivity index (χ2v) is 9.71. The number of rotatable bonds is 6. The molecule has 1 aliphatic carbocycles. The van der Waals surface area contributed by atoms with Crippen molar-refractivity contribution in [2.45, 2.75) is 79.2 Å². The van der Waals surface area contributed by atoms with Crippen LogP contribution in [0, 0.1) is 32.6 Å². The molecule has 0 bridgehead atoms. The molecular formula is C24H34N2O2S. The van der Waals surface area contributed by atoms with Gasteiger partial charge >= 0.3 is 0 Å². The summed E-state index contributed by atoms with van der Waals surface area (Å²) in [6.07, 6.45) is 6.37. The van der Waals surface area contributed by atoms with Gasteiger partial charge in [-0.2, -0.15) is 0 Å². The zero-order chi connectivity index (χ0) is 21.1. The van der Waals surface area contributed by atoms with Crippen molar-refractivity contribution in [3.63, 3.8) is 0 Å². The van der Waals surface area contributed by atoms with E-state index in [2.05, 4.69) is 31.1 Å². The molecule has 2 N–H and O–H groups in total. The minimum Gasteiger partial charge on any atom is -0.348 e. The molecule has 2 aromatic heterocycles. The van der Waals surface area contributed by atoms with E-state index < -0.39 is 0 Å². The Labute approximate surface area is 178 Å². The van der Waals surface area contributed by atoms with Gasteiger partial charge in [-0.1, -0.05) is 26.7 Å². The first-order chi connectivity index (χ1) is 13.8. The van der Waals surface area contributed by atoms with E-state index in [0.29, 0.717) is 11.5 Å². The van der Waals surface area contributed by atoms with Crippen LogP contribution in [0.15, 0.2) is 16.2 Å². The lowest BCUT2D eigenvalue weighted by Gasteiger charge is -2.32. The second kappa shape index (κ2) is 9.29. The highest BCUT2D eigenvalue weighted by Crippen LogP contribution is 2.43. The minimum atomic E-state index is -0.122. The van der Waals surface area contributed by atoms with Gasteiger partial charge in [0.2, 0.25) is 0 Å². The smallest absolute Gasteiger partial charge is 0.253 e. The first kappa shape index (κ1) is 21.8. The lowest BCUT2D eigenvalue weighted by molar-refractivity contribution is 0.0950. The number of aromatic amines is 1. The molecule has 1 saturated carbocycles. The molecule has 0 radical (unpaired) electrons. The van der Waals surface area contributed by atoms with Crippen molar-refractivity contribution in [2.24, 2.45) is 11.8 Å². The van der Waals surface area contributed by atoms with Gasteiger partial charge in [-0.3, -0.25) is 9.59 Å². The number of thiophene rings is 1. The zero-order valence-electron chi connectivity index (χ0n) is 18.4. The standard InChI is InChI=1S/C24H34N2O2S/c1-6-19(18-9-7-14(2)8-10-18)22-17(5)21(13-29-22)23(27)25-12-20-15(3)11-16(4)26-24(20)28/h11,13-14,18-19H,6-10,12H2,1-5H3,(H,25,27)(H,26,28)/t14-,18-,19?. The van der Waals surface area contributed by atoms with Crippen LogP contribution in [0.2, 0.25) is 0 Å². The molecule has 1 atom stereocenters. The van der Waals surface area contributed by atoms with E-state index in [0.717, 1.165) is 40.6 Å². The number of nitrogens with one attached hydrogen (secondary N) is 2. The molecule has 1 amide bonds. The van der Waals surface area contributed by atoms with Crippen molar-refractivity contribution in [2.75, 3.05) is 0 Å². The largest absolute Gasteiger partial charge is 0.348 e. The maximum absolute atomic E-state index is 12.9. The number of H-pyrrole nitrogens is 1. The van der Waals surface area contributed by atoms with Gasteiger partial charge in [-0.25, -0.2) is 0 Å². The van der Waals surface area contributed by atoms with Crippen LogP contribution in [-0.2, 0) is 6.54 Å². The molecule has 4 nitrogen and oxygen atoms in total. The van der Waals surface area contributed by atoms with Gasteiger partial charge in [0, 0.05) is 28.1 Å². The average molecular weight is 415 g/mol. The third-order valence-corrected chi connectivity index (χ3v) is 7.86. The lowest BCUT2D eigenvalue weighted by Crippen LogP contribution is -2.28. The van der Waals surface area contributed by atoms with Crippen molar-refractivity contribution in [3.8, 4) is 0 Å². The van der Waals surface area contributed by atoms with E-state index in [1.54, 1.807) is 11.3 Å². The van der Waals surface area contributed by atoms with Crippen molar-refractivity contribution in [1.82, 2.24) is 10.3 Å². The molecule has 2 heterocycles. The van der Waals surface area contributed by atoms with E-state index in [9.17, 15) is 9.59 Å². The molecule has 3 rings (SSSR count). The summed E-state index contributed by atoms with van der Waals surface area (Å²) in [6, 6.07) is 1.94. The molecule has 1 fully saturated rings. The van der Waals surface area contributed by atoms with E-state index in [1.807, 2.05) is 25.3 Å². The van der Waals surface area contributed by atoms with Crippen molar-refractivity contribution < 1.29 is 4.79 Å². The number of amides is 1. The molecule has 5 heteroatoms. The summed E-state index contributed by atoms with van der Waals surface area (Å²) in [4.78, 5) is 29.2. The number of pyridine rings is 1. The van der Waals surface area contributed by atoms with Crippen LogP contribution in [0.5, 0.6) is 0 Å². The van der Waals surface area contributed by atoms with Gasteiger partial charge in [-0.15, -0.1) is 11.3 Å². The van der Waals surface area contributed by atoms with Crippen molar-refractivity contribution in [1.29, 1.82) is 0 Å². The molecule has 29 heavy (non-hydrogen) atoms.